The molecular weight excluding hydrogens is 400 g/mol. The van der Waals surface area contributed by atoms with E-state index in [1.165, 1.54) is 5.56 Å². The number of nitrogens with zero attached hydrogens (tertiary/aromatic N) is 2. The average molecular weight is 433 g/mol. The Hall–Kier alpha value is -3.05. The topological polar surface area (TPSA) is 45.9 Å². The van der Waals surface area contributed by atoms with Crippen LogP contribution in [0.5, 0.6) is 5.75 Å². The highest BCUT2D eigenvalue weighted by atomic mass is 16.5. The van der Waals surface area contributed by atoms with Gasteiger partial charge in [0.1, 0.15) is 11.5 Å². The lowest BCUT2D eigenvalue weighted by Gasteiger charge is -2.38. The number of aryl methyl sites for hydroxylation is 1. The van der Waals surface area contributed by atoms with Crippen LogP contribution in [0.2, 0.25) is 0 Å². The standard InChI is InChI=1S/C27H32N2O3/c1-31-25-12-5-11-23(20-25)27(30)29(21-26-13-7-19-32-26)24-14-17-28(18-15-24)16-6-10-22-8-3-2-4-9-22/h2-5,7-9,11-13,19-20,24H,6,10,14-18,21H2,1H3. The van der Waals surface area contributed by atoms with Crippen LogP contribution < -0.4 is 4.74 Å². The Balaban J connectivity index is 1.37. The van der Waals surface area contributed by atoms with Crippen molar-refractivity contribution in [3.8, 4) is 5.75 Å². The molecule has 0 saturated carbocycles. The van der Waals surface area contributed by atoms with Crippen molar-refractivity contribution < 1.29 is 13.9 Å². The van der Waals surface area contributed by atoms with Gasteiger partial charge in [-0.1, -0.05) is 36.4 Å². The van der Waals surface area contributed by atoms with E-state index in [1.807, 2.05) is 41.3 Å². The SMILES string of the molecule is COc1cccc(C(=O)N(Cc2ccco2)C2CCN(CCCc3ccccc3)CC2)c1. The zero-order valence-electron chi connectivity index (χ0n) is 18.8. The van der Waals surface area contributed by atoms with Gasteiger partial charge in [0.25, 0.3) is 5.91 Å². The maximum Gasteiger partial charge on any atom is 0.254 e. The molecular formula is C27H32N2O3. The van der Waals surface area contributed by atoms with Gasteiger partial charge in [0.15, 0.2) is 0 Å². The lowest BCUT2D eigenvalue weighted by Crippen LogP contribution is -2.47. The Morgan fingerprint density at radius 3 is 2.59 bits per heavy atom. The fourth-order valence-electron chi connectivity index (χ4n) is 4.47. The first kappa shape index (κ1) is 22.2. The van der Waals surface area contributed by atoms with Gasteiger partial charge in [-0.05, 0) is 68.1 Å². The molecule has 0 N–H and O–H groups in total. The fourth-order valence-corrected chi connectivity index (χ4v) is 4.47. The number of benzene rings is 2. The number of methoxy groups -OCH3 is 1. The summed E-state index contributed by atoms with van der Waals surface area (Å²) >= 11 is 0. The predicted octanol–water partition coefficient (Wildman–Crippen LogP) is 5.03. The maximum atomic E-state index is 13.5. The number of hydrogen-bond acceptors (Lipinski definition) is 4. The minimum atomic E-state index is 0.0304. The number of furan rings is 1. The number of piperidine rings is 1. The first-order valence-electron chi connectivity index (χ1n) is 11.5. The monoisotopic (exact) mass is 432 g/mol. The average Bonchev–Trinajstić information content (AvgIpc) is 3.37. The maximum absolute atomic E-state index is 13.5. The number of hydrogen-bond donors (Lipinski definition) is 0. The molecule has 0 aliphatic carbocycles. The molecule has 168 valence electrons. The highest BCUT2D eigenvalue weighted by Gasteiger charge is 2.29. The van der Waals surface area contributed by atoms with Crippen molar-refractivity contribution in [1.82, 2.24) is 9.80 Å². The molecule has 4 rings (SSSR count). The number of amides is 1. The summed E-state index contributed by atoms with van der Waals surface area (Å²) in [5, 5.41) is 0. The van der Waals surface area contributed by atoms with Crippen molar-refractivity contribution in [2.24, 2.45) is 0 Å². The summed E-state index contributed by atoms with van der Waals surface area (Å²) < 4.78 is 10.9. The van der Waals surface area contributed by atoms with E-state index in [4.69, 9.17) is 9.15 Å². The molecule has 0 bridgehead atoms. The molecule has 0 atom stereocenters. The van der Waals surface area contributed by atoms with Crippen LogP contribution >= 0.6 is 0 Å². The van der Waals surface area contributed by atoms with Crippen molar-refractivity contribution >= 4 is 5.91 Å². The Morgan fingerprint density at radius 1 is 1.06 bits per heavy atom. The number of rotatable bonds is 9. The molecule has 2 aromatic carbocycles. The lowest BCUT2D eigenvalue weighted by molar-refractivity contribution is 0.0529. The molecule has 1 aliphatic heterocycles. The normalized spacial score (nSPS) is 14.9. The fraction of sp³-hybridized carbons (Fsp3) is 0.370. The molecule has 1 aromatic heterocycles. The van der Waals surface area contributed by atoms with Gasteiger partial charge >= 0.3 is 0 Å². The van der Waals surface area contributed by atoms with Crippen LogP contribution in [-0.4, -0.2) is 48.5 Å². The summed E-state index contributed by atoms with van der Waals surface area (Å²) in [5.41, 5.74) is 2.05. The van der Waals surface area contributed by atoms with Crippen molar-refractivity contribution in [1.29, 1.82) is 0 Å². The zero-order chi connectivity index (χ0) is 22.2. The van der Waals surface area contributed by atoms with E-state index in [1.54, 1.807) is 13.4 Å². The zero-order valence-corrected chi connectivity index (χ0v) is 18.8. The third-order valence-electron chi connectivity index (χ3n) is 6.26. The van der Waals surface area contributed by atoms with E-state index >= 15 is 0 Å². The van der Waals surface area contributed by atoms with Gasteiger partial charge < -0.3 is 19.0 Å². The smallest absolute Gasteiger partial charge is 0.254 e. The van der Waals surface area contributed by atoms with Crippen LogP contribution in [0.15, 0.2) is 77.4 Å². The minimum Gasteiger partial charge on any atom is -0.497 e. The van der Waals surface area contributed by atoms with Gasteiger partial charge in [-0.3, -0.25) is 4.79 Å². The second-order valence-corrected chi connectivity index (χ2v) is 8.41. The molecule has 2 heterocycles. The summed E-state index contributed by atoms with van der Waals surface area (Å²) in [6.07, 6.45) is 5.88. The highest BCUT2D eigenvalue weighted by molar-refractivity contribution is 5.94. The molecule has 3 aromatic rings. The van der Waals surface area contributed by atoms with Gasteiger partial charge in [0, 0.05) is 24.7 Å². The predicted molar refractivity (Wildman–Crippen MR) is 126 cm³/mol. The third kappa shape index (κ3) is 5.80. The van der Waals surface area contributed by atoms with E-state index in [0.29, 0.717) is 17.9 Å². The van der Waals surface area contributed by atoms with E-state index in [2.05, 4.69) is 35.2 Å². The van der Waals surface area contributed by atoms with Crippen molar-refractivity contribution in [3.05, 3.63) is 89.9 Å². The lowest BCUT2D eigenvalue weighted by atomic mass is 10.0. The molecule has 0 radical (unpaired) electrons. The first-order valence-corrected chi connectivity index (χ1v) is 11.5. The number of likely N-dealkylation sites (tertiary alicyclic amines) is 1. The number of ether oxygens (including phenoxy) is 1. The summed E-state index contributed by atoms with van der Waals surface area (Å²) in [4.78, 5) is 18.0. The number of carbonyl (C=O) groups excluding carboxylic acids is 1. The van der Waals surface area contributed by atoms with Crippen LogP contribution in [-0.2, 0) is 13.0 Å². The first-order chi connectivity index (χ1) is 15.7. The molecule has 32 heavy (non-hydrogen) atoms. The Bertz CT molecular complexity index is 964. The second-order valence-electron chi connectivity index (χ2n) is 8.41. The van der Waals surface area contributed by atoms with Gasteiger partial charge in [0.05, 0.1) is 19.9 Å². The van der Waals surface area contributed by atoms with Crippen LogP contribution in [0.1, 0.15) is 40.9 Å². The summed E-state index contributed by atoms with van der Waals surface area (Å²) in [5.74, 6) is 1.54. The molecule has 5 nitrogen and oxygen atoms in total. The summed E-state index contributed by atoms with van der Waals surface area (Å²) in [6, 6.07) is 22.1. The third-order valence-corrected chi connectivity index (χ3v) is 6.26. The van der Waals surface area contributed by atoms with Gasteiger partial charge in [0.2, 0.25) is 0 Å². The largest absolute Gasteiger partial charge is 0.497 e. The van der Waals surface area contributed by atoms with E-state index < -0.39 is 0 Å². The van der Waals surface area contributed by atoms with Crippen molar-refractivity contribution in [2.45, 2.75) is 38.3 Å². The quantitative estimate of drug-likeness (QED) is 0.476. The summed E-state index contributed by atoms with van der Waals surface area (Å²) in [7, 11) is 1.62. The Labute approximate surface area is 190 Å². The van der Waals surface area contributed by atoms with E-state index in [-0.39, 0.29) is 11.9 Å². The molecule has 1 aliphatic rings. The van der Waals surface area contributed by atoms with E-state index in [0.717, 1.165) is 51.1 Å². The molecule has 1 saturated heterocycles. The van der Waals surface area contributed by atoms with Crippen LogP contribution in [0.25, 0.3) is 0 Å². The molecule has 0 spiro atoms. The van der Waals surface area contributed by atoms with Crippen LogP contribution in [0, 0.1) is 0 Å². The van der Waals surface area contributed by atoms with Crippen LogP contribution in [0.4, 0.5) is 0 Å². The molecule has 1 amide bonds. The summed E-state index contributed by atoms with van der Waals surface area (Å²) in [6.45, 7) is 3.62. The highest BCUT2D eigenvalue weighted by Crippen LogP contribution is 2.23. The van der Waals surface area contributed by atoms with Crippen molar-refractivity contribution in [3.63, 3.8) is 0 Å². The van der Waals surface area contributed by atoms with Gasteiger partial charge in [-0.25, -0.2) is 0 Å². The molecule has 0 unspecified atom stereocenters. The van der Waals surface area contributed by atoms with Gasteiger partial charge in [-0.15, -0.1) is 0 Å². The van der Waals surface area contributed by atoms with Crippen molar-refractivity contribution in [2.75, 3.05) is 26.7 Å². The Kier molecular flexibility index (Phi) is 7.62. The molecule has 5 heteroatoms. The minimum absolute atomic E-state index is 0.0304. The van der Waals surface area contributed by atoms with Gasteiger partial charge in [-0.2, -0.15) is 0 Å². The molecule has 1 fully saturated rings. The van der Waals surface area contributed by atoms with Crippen LogP contribution in [0.3, 0.4) is 0 Å². The Morgan fingerprint density at radius 2 is 1.88 bits per heavy atom. The second kappa shape index (κ2) is 11.0. The number of carbonyl (C=O) groups is 1. The van der Waals surface area contributed by atoms with E-state index in [9.17, 15) is 4.79 Å².